The minimum Gasteiger partial charge on any atom is -0.453 e. The molecule has 1 aliphatic heterocycles. The average molecular weight is 362 g/mol. The predicted molar refractivity (Wildman–Crippen MR) is 94.1 cm³/mol. The van der Waals surface area contributed by atoms with Crippen molar-refractivity contribution < 1.29 is 18.7 Å². The fourth-order valence-electron chi connectivity index (χ4n) is 3.32. The van der Waals surface area contributed by atoms with Gasteiger partial charge in [0.05, 0.1) is 18.1 Å². The zero-order valence-corrected chi connectivity index (χ0v) is 15.0. The number of fused-ring (bicyclic) bond motifs is 1. The monoisotopic (exact) mass is 362 g/mol. The summed E-state index contributed by atoms with van der Waals surface area (Å²) < 4.78 is 18.1. The number of imidazole rings is 1. The number of ether oxygens (including phenoxy) is 1. The van der Waals surface area contributed by atoms with Crippen LogP contribution in [0.25, 0.3) is 11.0 Å². The Balaban J connectivity index is 1.63. The van der Waals surface area contributed by atoms with Crippen molar-refractivity contribution in [3.05, 3.63) is 29.8 Å². The number of hydrogen-bond donors (Lipinski definition) is 1. The van der Waals surface area contributed by atoms with E-state index in [2.05, 4.69) is 9.97 Å². The number of carbonyl (C=O) groups is 2. The number of nitrogens with zero attached hydrogens (tertiary/aromatic N) is 3. The molecule has 8 heteroatoms. The van der Waals surface area contributed by atoms with Crippen molar-refractivity contribution in [2.45, 2.75) is 31.7 Å². The second-order valence-electron chi connectivity index (χ2n) is 6.53. The lowest BCUT2D eigenvalue weighted by atomic mass is 10.0. The van der Waals surface area contributed by atoms with E-state index in [0.29, 0.717) is 42.8 Å². The first-order chi connectivity index (χ1) is 12.5. The Hall–Kier alpha value is -2.64. The largest absolute Gasteiger partial charge is 0.453 e. The number of amides is 2. The lowest BCUT2D eigenvalue weighted by molar-refractivity contribution is -0.136. The predicted octanol–water partition coefficient (Wildman–Crippen LogP) is 2.32. The maximum Gasteiger partial charge on any atom is 0.410 e. The van der Waals surface area contributed by atoms with Crippen LogP contribution in [0.3, 0.4) is 0 Å². The molecule has 26 heavy (non-hydrogen) atoms. The Kier molecular flexibility index (Phi) is 5.39. The minimum absolute atomic E-state index is 0.0998. The Morgan fingerprint density at radius 2 is 2.23 bits per heavy atom. The minimum atomic E-state index is -0.481. The van der Waals surface area contributed by atoms with E-state index in [1.54, 1.807) is 18.0 Å². The molecule has 2 aromatic rings. The van der Waals surface area contributed by atoms with E-state index < -0.39 is 12.1 Å². The average Bonchev–Trinajstić information content (AvgIpc) is 3.06. The van der Waals surface area contributed by atoms with Crippen LogP contribution in [0.1, 0.15) is 25.1 Å². The molecule has 1 atom stereocenters. The van der Waals surface area contributed by atoms with Crippen molar-refractivity contribution >= 4 is 23.0 Å². The number of aromatic nitrogens is 2. The highest BCUT2D eigenvalue weighted by Gasteiger charge is 2.34. The molecule has 2 amide bonds. The highest BCUT2D eigenvalue weighted by atomic mass is 19.1. The van der Waals surface area contributed by atoms with Gasteiger partial charge in [-0.05, 0) is 37.5 Å². The number of carbonyl (C=O) groups excluding carboxylic acids is 2. The first-order valence-electron chi connectivity index (χ1n) is 8.73. The molecule has 0 unspecified atom stereocenters. The zero-order valence-electron chi connectivity index (χ0n) is 15.0. The molecule has 0 radical (unpaired) electrons. The normalized spacial score (nSPS) is 17.3. The summed E-state index contributed by atoms with van der Waals surface area (Å²) in [4.78, 5) is 35.3. The number of hydrogen-bond acceptors (Lipinski definition) is 4. The number of rotatable bonds is 4. The smallest absolute Gasteiger partial charge is 0.410 e. The number of likely N-dealkylation sites (tertiary alicyclic amines) is 1. The van der Waals surface area contributed by atoms with Gasteiger partial charge in [0, 0.05) is 26.6 Å². The van der Waals surface area contributed by atoms with Gasteiger partial charge in [-0.3, -0.25) is 9.69 Å². The van der Waals surface area contributed by atoms with Gasteiger partial charge in [-0.2, -0.15) is 0 Å². The van der Waals surface area contributed by atoms with Gasteiger partial charge in [0.1, 0.15) is 17.7 Å². The molecule has 3 rings (SSSR count). The summed E-state index contributed by atoms with van der Waals surface area (Å²) in [5, 5.41) is 0. The van der Waals surface area contributed by atoms with Gasteiger partial charge in [0.15, 0.2) is 0 Å². The summed E-state index contributed by atoms with van der Waals surface area (Å²) in [5.74, 6) is 0.274. The van der Waals surface area contributed by atoms with Crippen molar-refractivity contribution in [3.63, 3.8) is 0 Å². The van der Waals surface area contributed by atoms with Gasteiger partial charge in [-0.15, -0.1) is 0 Å². The van der Waals surface area contributed by atoms with Crippen molar-refractivity contribution in [2.75, 3.05) is 27.2 Å². The molecule has 140 valence electrons. The second-order valence-corrected chi connectivity index (χ2v) is 6.53. The molecule has 1 N–H and O–H groups in total. The van der Waals surface area contributed by atoms with E-state index in [4.69, 9.17) is 4.74 Å². The first-order valence-corrected chi connectivity index (χ1v) is 8.73. The molecular weight excluding hydrogens is 339 g/mol. The number of H-pyrrole nitrogens is 1. The highest BCUT2D eigenvalue weighted by molar-refractivity contribution is 5.85. The van der Waals surface area contributed by atoms with Gasteiger partial charge >= 0.3 is 6.09 Å². The van der Waals surface area contributed by atoms with Gasteiger partial charge in [-0.25, -0.2) is 14.2 Å². The number of nitrogens with one attached hydrogen (secondary N) is 1. The first kappa shape index (κ1) is 18.2. The van der Waals surface area contributed by atoms with E-state index in [9.17, 15) is 14.0 Å². The van der Waals surface area contributed by atoms with Crippen LogP contribution < -0.4 is 0 Å². The van der Waals surface area contributed by atoms with Crippen LogP contribution in [0.15, 0.2) is 18.2 Å². The topological polar surface area (TPSA) is 78.5 Å². The number of likely N-dealkylation sites (N-methyl/N-ethyl adjacent to an activating group) is 1. The maximum atomic E-state index is 13.3. The summed E-state index contributed by atoms with van der Waals surface area (Å²) in [6.45, 7) is 0.985. The Labute approximate surface area is 151 Å². The fourth-order valence-corrected chi connectivity index (χ4v) is 3.32. The van der Waals surface area contributed by atoms with Crippen LogP contribution in [0.4, 0.5) is 9.18 Å². The van der Waals surface area contributed by atoms with Crippen LogP contribution in [0, 0.1) is 5.82 Å². The molecule has 1 aliphatic rings. The third-order valence-electron chi connectivity index (χ3n) is 4.75. The maximum absolute atomic E-state index is 13.3. The van der Waals surface area contributed by atoms with Crippen LogP contribution in [-0.2, 0) is 16.0 Å². The number of piperidine rings is 1. The van der Waals surface area contributed by atoms with Gasteiger partial charge in [0.25, 0.3) is 0 Å². The molecule has 0 aliphatic carbocycles. The van der Waals surface area contributed by atoms with Crippen LogP contribution >= 0.6 is 0 Å². The molecule has 1 saturated heterocycles. The van der Waals surface area contributed by atoms with E-state index >= 15 is 0 Å². The third-order valence-corrected chi connectivity index (χ3v) is 4.75. The van der Waals surface area contributed by atoms with E-state index in [1.807, 2.05) is 0 Å². The summed E-state index contributed by atoms with van der Waals surface area (Å²) in [5.41, 5.74) is 1.33. The molecule has 1 fully saturated rings. The third kappa shape index (κ3) is 3.79. The van der Waals surface area contributed by atoms with Crippen LogP contribution in [-0.4, -0.2) is 65.1 Å². The number of halogens is 1. The summed E-state index contributed by atoms with van der Waals surface area (Å²) in [6, 6.07) is 3.91. The van der Waals surface area contributed by atoms with E-state index in [0.717, 1.165) is 12.8 Å². The SMILES string of the molecule is COC(=O)N1CCCC[C@@H]1C(=O)N(C)CCc1nc2ccc(F)cc2[nH]1. The van der Waals surface area contributed by atoms with E-state index in [1.165, 1.54) is 24.1 Å². The Bertz CT molecular complexity index is 807. The number of methoxy groups -OCH3 is 1. The summed E-state index contributed by atoms with van der Waals surface area (Å²) in [7, 11) is 3.04. The molecule has 1 aromatic carbocycles. The van der Waals surface area contributed by atoms with Crippen LogP contribution in [0.2, 0.25) is 0 Å². The molecule has 2 heterocycles. The van der Waals surface area contributed by atoms with Crippen molar-refractivity contribution in [1.82, 2.24) is 19.8 Å². The molecule has 0 spiro atoms. The van der Waals surface area contributed by atoms with Crippen LogP contribution in [0.5, 0.6) is 0 Å². The Morgan fingerprint density at radius 1 is 1.42 bits per heavy atom. The lowest BCUT2D eigenvalue weighted by Gasteiger charge is -2.35. The van der Waals surface area contributed by atoms with Gasteiger partial charge in [-0.1, -0.05) is 0 Å². The zero-order chi connectivity index (χ0) is 18.7. The molecule has 7 nitrogen and oxygen atoms in total. The quantitative estimate of drug-likeness (QED) is 0.905. The molecular formula is C18H23FN4O3. The Morgan fingerprint density at radius 3 is 3.00 bits per heavy atom. The van der Waals surface area contributed by atoms with Crippen molar-refractivity contribution in [3.8, 4) is 0 Å². The summed E-state index contributed by atoms with van der Waals surface area (Å²) >= 11 is 0. The molecule has 1 aromatic heterocycles. The van der Waals surface area contributed by atoms with E-state index in [-0.39, 0.29) is 11.7 Å². The lowest BCUT2D eigenvalue weighted by Crippen LogP contribution is -2.52. The number of aromatic amines is 1. The molecule has 0 bridgehead atoms. The van der Waals surface area contributed by atoms with Crippen molar-refractivity contribution in [2.24, 2.45) is 0 Å². The van der Waals surface area contributed by atoms with Gasteiger partial charge < -0.3 is 14.6 Å². The van der Waals surface area contributed by atoms with Gasteiger partial charge in [0.2, 0.25) is 5.91 Å². The second kappa shape index (κ2) is 7.72. The van der Waals surface area contributed by atoms with Crippen molar-refractivity contribution in [1.29, 1.82) is 0 Å². The molecule has 0 saturated carbocycles. The number of benzene rings is 1. The summed E-state index contributed by atoms with van der Waals surface area (Å²) in [6.07, 6.45) is 2.48. The fraction of sp³-hybridized carbons (Fsp3) is 0.500. The highest BCUT2D eigenvalue weighted by Crippen LogP contribution is 2.20. The standard InChI is InChI=1S/C18H23FN4O3/c1-22(17(24)15-5-3-4-9-23(15)18(25)26-2)10-8-16-20-13-7-6-12(19)11-14(13)21-16/h6-7,11,15H,3-5,8-10H2,1-2H3,(H,20,21)/t15-/m1/s1.